The van der Waals surface area contributed by atoms with Gasteiger partial charge in [-0.2, -0.15) is 0 Å². The average Bonchev–Trinajstić information content (AvgIpc) is 2.62. The molecule has 0 spiro atoms. The number of hydrogen-bond acceptors (Lipinski definition) is 4. The molecule has 0 fully saturated rings. The SMILES string of the molecule is CC(C)C[C@@H](NC(=O)c1ccccc1)C(=O)O/N=C/c1ccccc1. The molecular formula is C20H22N2O3. The molecule has 0 aliphatic rings. The van der Waals surface area contributed by atoms with E-state index in [1.54, 1.807) is 24.3 Å². The van der Waals surface area contributed by atoms with Crippen molar-refractivity contribution >= 4 is 18.1 Å². The number of nitrogens with one attached hydrogen (secondary N) is 1. The Morgan fingerprint density at radius 2 is 1.64 bits per heavy atom. The van der Waals surface area contributed by atoms with Gasteiger partial charge in [0.15, 0.2) is 0 Å². The lowest BCUT2D eigenvalue weighted by molar-refractivity contribution is -0.146. The molecule has 0 bridgehead atoms. The van der Waals surface area contributed by atoms with Crippen molar-refractivity contribution in [3.05, 3.63) is 71.8 Å². The zero-order valence-corrected chi connectivity index (χ0v) is 14.4. The van der Waals surface area contributed by atoms with Crippen LogP contribution in [0.25, 0.3) is 0 Å². The second kappa shape index (κ2) is 9.37. The topological polar surface area (TPSA) is 67.8 Å². The van der Waals surface area contributed by atoms with E-state index in [1.807, 2.05) is 50.2 Å². The summed E-state index contributed by atoms with van der Waals surface area (Å²) in [6.45, 7) is 3.95. The summed E-state index contributed by atoms with van der Waals surface area (Å²) in [5.41, 5.74) is 1.32. The Balaban J connectivity index is 1.99. The molecule has 5 heteroatoms. The number of oxime groups is 1. The first kappa shape index (κ1) is 18.4. The van der Waals surface area contributed by atoms with Crippen molar-refractivity contribution < 1.29 is 14.4 Å². The van der Waals surface area contributed by atoms with Crippen molar-refractivity contribution in [3.8, 4) is 0 Å². The smallest absolute Gasteiger partial charge is 0.338 e. The number of amides is 1. The molecule has 0 saturated carbocycles. The van der Waals surface area contributed by atoms with E-state index in [9.17, 15) is 9.59 Å². The summed E-state index contributed by atoms with van der Waals surface area (Å²) in [5.74, 6) is -0.674. The first-order valence-electron chi connectivity index (χ1n) is 8.21. The predicted octanol–water partition coefficient (Wildman–Crippen LogP) is 3.41. The van der Waals surface area contributed by atoms with Gasteiger partial charge in [-0.15, -0.1) is 0 Å². The van der Waals surface area contributed by atoms with Gasteiger partial charge < -0.3 is 10.2 Å². The summed E-state index contributed by atoms with van der Waals surface area (Å²) in [4.78, 5) is 29.5. The second-order valence-electron chi connectivity index (χ2n) is 6.08. The summed E-state index contributed by atoms with van der Waals surface area (Å²) in [5, 5.41) is 6.45. The maximum Gasteiger partial charge on any atom is 0.357 e. The van der Waals surface area contributed by atoms with Crippen LogP contribution in [0.1, 0.15) is 36.2 Å². The van der Waals surface area contributed by atoms with Gasteiger partial charge >= 0.3 is 5.97 Å². The molecule has 1 atom stereocenters. The molecule has 2 aromatic rings. The number of carbonyl (C=O) groups is 2. The normalized spacial score (nSPS) is 12.1. The quantitative estimate of drug-likeness (QED) is 0.478. The lowest BCUT2D eigenvalue weighted by Crippen LogP contribution is -2.42. The molecule has 0 heterocycles. The minimum Gasteiger partial charge on any atom is -0.338 e. The van der Waals surface area contributed by atoms with Crippen molar-refractivity contribution in [2.45, 2.75) is 26.3 Å². The zero-order chi connectivity index (χ0) is 18.1. The van der Waals surface area contributed by atoms with E-state index in [-0.39, 0.29) is 11.8 Å². The predicted molar refractivity (Wildman–Crippen MR) is 97.3 cm³/mol. The summed E-state index contributed by atoms with van der Waals surface area (Å²) < 4.78 is 0. The van der Waals surface area contributed by atoms with Crippen molar-refractivity contribution in [3.63, 3.8) is 0 Å². The van der Waals surface area contributed by atoms with Crippen LogP contribution in [0.4, 0.5) is 0 Å². The fraction of sp³-hybridized carbons (Fsp3) is 0.250. The molecule has 1 N–H and O–H groups in total. The molecule has 2 rings (SSSR count). The molecule has 25 heavy (non-hydrogen) atoms. The molecule has 0 aliphatic carbocycles. The van der Waals surface area contributed by atoms with Crippen LogP contribution in [0.2, 0.25) is 0 Å². The molecule has 130 valence electrons. The Morgan fingerprint density at radius 3 is 2.24 bits per heavy atom. The zero-order valence-electron chi connectivity index (χ0n) is 14.4. The summed E-state index contributed by atoms with van der Waals surface area (Å²) in [6, 6.07) is 17.3. The molecule has 1 amide bonds. The first-order chi connectivity index (χ1) is 12.1. The maximum atomic E-state index is 12.3. The molecule has 0 aliphatic heterocycles. The largest absolute Gasteiger partial charge is 0.357 e. The van der Waals surface area contributed by atoms with Crippen molar-refractivity contribution in [2.75, 3.05) is 0 Å². The summed E-state index contributed by atoms with van der Waals surface area (Å²) in [7, 11) is 0. The highest BCUT2D eigenvalue weighted by atomic mass is 16.7. The maximum absolute atomic E-state index is 12.3. The van der Waals surface area contributed by atoms with Crippen LogP contribution in [0.3, 0.4) is 0 Å². The van der Waals surface area contributed by atoms with E-state index in [1.165, 1.54) is 6.21 Å². The molecule has 5 nitrogen and oxygen atoms in total. The van der Waals surface area contributed by atoms with Crippen molar-refractivity contribution in [1.82, 2.24) is 5.32 Å². The first-order valence-corrected chi connectivity index (χ1v) is 8.21. The molecule has 0 aromatic heterocycles. The number of carbonyl (C=O) groups excluding carboxylic acids is 2. The highest BCUT2D eigenvalue weighted by molar-refractivity contribution is 5.96. The van der Waals surface area contributed by atoms with Crippen molar-refractivity contribution in [2.24, 2.45) is 11.1 Å². The van der Waals surface area contributed by atoms with Crippen LogP contribution < -0.4 is 5.32 Å². The van der Waals surface area contributed by atoms with Crippen molar-refractivity contribution in [1.29, 1.82) is 0 Å². The van der Waals surface area contributed by atoms with Gasteiger partial charge in [-0.1, -0.05) is 67.5 Å². The number of nitrogens with zero attached hydrogens (tertiary/aromatic N) is 1. The Bertz CT molecular complexity index is 712. The summed E-state index contributed by atoms with van der Waals surface area (Å²) in [6.07, 6.45) is 1.93. The van der Waals surface area contributed by atoms with Crippen LogP contribution in [-0.2, 0) is 9.63 Å². The highest BCUT2D eigenvalue weighted by Gasteiger charge is 2.24. The van der Waals surface area contributed by atoms with E-state index in [4.69, 9.17) is 4.84 Å². The van der Waals surface area contributed by atoms with Gasteiger partial charge in [0.1, 0.15) is 6.04 Å². The Kier molecular flexibility index (Phi) is 6.89. The average molecular weight is 338 g/mol. The number of hydrogen-bond donors (Lipinski definition) is 1. The highest BCUT2D eigenvalue weighted by Crippen LogP contribution is 2.09. The third-order valence-electron chi connectivity index (χ3n) is 3.48. The third-order valence-corrected chi connectivity index (χ3v) is 3.48. The number of rotatable bonds is 7. The molecule has 2 aromatic carbocycles. The van der Waals surface area contributed by atoms with E-state index < -0.39 is 12.0 Å². The van der Waals surface area contributed by atoms with E-state index >= 15 is 0 Å². The van der Waals surface area contributed by atoms with Gasteiger partial charge in [-0.05, 0) is 30.0 Å². The Labute approximate surface area is 147 Å². The van der Waals surface area contributed by atoms with E-state index in [0.717, 1.165) is 5.56 Å². The lowest BCUT2D eigenvalue weighted by atomic mass is 10.0. The standard InChI is InChI=1S/C20H22N2O3/c1-15(2)13-18(22-19(23)17-11-7-4-8-12-17)20(24)25-21-14-16-9-5-3-6-10-16/h3-12,14-15,18H,13H2,1-2H3,(H,22,23)/b21-14+/t18-/m1/s1. The third kappa shape index (κ3) is 6.22. The van der Waals surface area contributed by atoms with Gasteiger partial charge in [0.2, 0.25) is 0 Å². The van der Waals surface area contributed by atoms with Crippen LogP contribution in [-0.4, -0.2) is 24.1 Å². The second-order valence-corrected chi connectivity index (χ2v) is 6.08. The van der Waals surface area contributed by atoms with Crippen LogP contribution in [0.15, 0.2) is 65.8 Å². The van der Waals surface area contributed by atoms with Gasteiger partial charge in [0, 0.05) is 5.56 Å². The Morgan fingerprint density at radius 1 is 1.04 bits per heavy atom. The minimum absolute atomic E-state index is 0.215. The fourth-order valence-electron chi connectivity index (χ4n) is 2.26. The monoisotopic (exact) mass is 338 g/mol. The van der Waals surface area contributed by atoms with E-state index in [0.29, 0.717) is 12.0 Å². The number of benzene rings is 2. The molecule has 0 saturated heterocycles. The Hall–Kier alpha value is -2.95. The van der Waals surface area contributed by atoms with Gasteiger partial charge in [-0.25, -0.2) is 4.79 Å². The lowest BCUT2D eigenvalue weighted by Gasteiger charge is -2.17. The molecular weight excluding hydrogens is 316 g/mol. The van der Waals surface area contributed by atoms with Gasteiger partial charge in [-0.3, -0.25) is 4.79 Å². The molecule has 0 unspecified atom stereocenters. The minimum atomic E-state index is -0.749. The van der Waals surface area contributed by atoms with Gasteiger partial charge in [0.05, 0.1) is 6.21 Å². The summed E-state index contributed by atoms with van der Waals surface area (Å²) >= 11 is 0. The molecule has 0 radical (unpaired) electrons. The van der Waals surface area contributed by atoms with Gasteiger partial charge in [0.25, 0.3) is 5.91 Å². The fourth-order valence-corrected chi connectivity index (χ4v) is 2.26. The van der Waals surface area contributed by atoms with Crippen LogP contribution >= 0.6 is 0 Å². The van der Waals surface area contributed by atoms with Crippen LogP contribution in [0, 0.1) is 5.92 Å². The van der Waals surface area contributed by atoms with E-state index in [2.05, 4.69) is 10.5 Å². The van der Waals surface area contributed by atoms with Crippen LogP contribution in [0.5, 0.6) is 0 Å².